The zero-order valence-corrected chi connectivity index (χ0v) is 15.9. The molecule has 0 saturated carbocycles. The fourth-order valence-electron chi connectivity index (χ4n) is 4.31. The van der Waals surface area contributed by atoms with Crippen molar-refractivity contribution in [3.8, 4) is 5.75 Å². The lowest BCUT2D eigenvalue weighted by molar-refractivity contribution is -0.384. The van der Waals surface area contributed by atoms with Crippen LogP contribution in [-0.4, -0.2) is 17.2 Å². The molecule has 1 atom stereocenters. The van der Waals surface area contributed by atoms with Gasteiger partial charge in [-0.05, 0) is 50.1 Å². The summed E-state index contributed by atoms with van der Waals surface area (Å²) in [6.45, 7) is 7.49. The second-order valence-corrected chi connectivity index (χ2v) is 7.76. The number of benzene rings is 2. The van der Waals surface area contributed by atoms with Gasteiger partial charge in [-0.15, -0.1) is 0 Å². The highest BCUT2D eigenvalue weighted by Crippen LogP contribution is 2.55. The average Bonchev–Trinajstić information content (AvgIpc) is 2.84. The van der Waals surface area contributed by atoms with Crippen molar-refractivity contribution in [3.05, 3.63) is 69.8 Å². The number of hydrogen-bond donors (Lipinski definition) is 0. The van der Waals surface area contributed by atoms with Crippen molar-refractivity contribution in [3.63, 3.8) is 0 Å². The number of fused-ring (bicyclic) bond motifs is 2. The zero-order valence-electron chi connectivity index (χ0n) is 15.9. The van der Waals surface area contributed by atoms with Gasteiger partial charge in [-0.1, -0.05) is 31.5 Å². The summed E-state index contributed by atoms with van der Waals surface area (Å²) in [5.74, 6) is 0.686. The van der Waals surface area contributed by atoms with Crippen LogP contribution in [0.2, 0.25) is 0 Å². The van der Waals surface area contributed by atoms with Gasteiger partial charge in [-0.25, -0.2) is 0 Å². The Labute approximate surface area is 159 Å². The number of ether oxygens (including phenoxy) is 1. The summed E-state index contributed by atoms with van der Waals surface area (Å²) in [5.41, 5.74) is 2.37. The van der Waals surface area contributed by atoms with Crippen molar-refractivity contribution < 1.29 is 9.66 Å². The molecule has 140 valence electrons. The van der Waals surface area contributed by atoms with E-state index in [2.05, 4.69) is 56.0 Å². The Kier molecular flexibility index (Phi) is 3.98. The quantitative estimate of drug-likeness (QED) is 0.546. The van der Waals surface area contributed by atoms with Gasteiger partial charge in [0.15, 0.2) is 0 Å². The monoisotopic (exact) mass is 364 g/mol. The highest BCUT2D eigenvalue weighted by Gasteiger charge is 2.58. The predicted molar refractivity (Wildman–Crippen MR) is 107 cm³/mol. The molecule has 5 heteroatoms. The number of nitro groups is 1. The zero-order chi connectivity index (χ0) is 19.2. The average molecular weight is 364 g/mol. The van der Waals surface area contributed by atoms with E-state index in [9.17, 15) is 10.1 Å². The molecule has 27 heavy (non-hydrogen) atoms. The van der Waals surface area contributed by atoms with Gasteiger partial charge >= 0.3 is 0 Å². The number of nitro benzene ring substituents is 1. The molecule has 0 fully saturated rings. The van der Waals surface area contributed by atoms with Crippen molar-refractivity contribution in [1.82, 2.24) is 0 Å². The summed E-state index contributed by atoms with van der Waals surface area (Å²) in [5, 5.41) is 11.1. The predicted octanol–water partition coefficient (Wildman–Crippen LogP) is 5.29. The molecule has 5 nitrogen and oxygen atoms in total. The van der Waals surface area contributed by atoms with Crippen molar-refractivity contribution in [2.75, 3.05) is 11.4 Å². The van der Waals surface area contributed by atoms with E-state index in [1.165, 1.54) is 17.3 Å². The van der Waals surface area contributed by atoms with Crippen LogP contribution >= 0.6 is 0 Å². The van der Waals surface area contributed by atoms with Gasteiger partial charge in [0.2, 0.25) is 5.72 Å². The Morgan fingerprint density at radius 2 is 1.96 bits per heavy atom. The molecule has 0 aromatic heterocycles. The molecule has 1 unspecified atom stereocenters. The van der Waals surface area contributed by atoms with Gasteiger partial charge in [-0.3, -0.25) is 10.1 Å². The molecule has 0 bridgehead atoms. The molecule has 2 aliphatic heterocycles. The minimum Gasteiger partial charge on any atom is -0.463 e. The van der Waals surface area contributed by atoms with Crippen LogP contribution in [0, 0.1) is 10.1 Å². The summed E-state index contributed by atoms with van der Waals surface area (Å²) >= 11 is 0. The van der Waals surface area contributed by atoms with Gasteiger partial charge in [0.25, 0.3) is 5.69 Å². The van der Waals surface area contributed by atoms with Crippen molar-refractivity contribution >= 4 is 17.5 Å². The summed E-state index contributed by atoms with van der Waals surface area (Å²) in [7, 11) is 0. The molecule has 0 aliphatic carbocycles. The third-order valence-electron chi connectivity index (χ3n) is 5.86. The molecular weight excluding hydrogens is 340 g/mol. The van der Waals surface area contributed by atoms with E-state index in [0.717, 1.165) is 24.9 Å². The van der Waals surface area contributed by atoms with Crippen LogP contribution in [0.1, 0.15) is 44.7 Å². The van der Waals surface area contributed by atoms with E-state index >= 15 is 0 Å². The SMILES string of the molecule is CCCCN1c2ccccc2C(C)(C)C12C=Cc1cc([N+](=O)[O-])ccc1O2. The van der Waals surface area contributed by atoms with E-state index in [1.54, 1.807) is 12.1 Å². The number of non-ortho nitro benzene ring substituents is 1. The maximum absolute atomic E-state index is 11.1. The Morgan fingerprint density at radius 1 is 1.19 bits per heavy atom. The highest BCUT2D eigenvalue weighted by atomic mass is 16.6. The lowest BCUT2D eigenvalue weighted by atomic mass is 9.76. The third kappa shape index (κ3) is 2.45. The first-order valence-corrected chi connectivity index (χ1v) is 9.44. The maximum Gasteiger partial charge on any atom is 0.270 e. The first-order chi connectivity index (χ1) is 12.9. The Bertz CT molecular complexity index is 935. The van der Waals surface area contributed by atoms with Crippen molar-refractivity contribution in [1.29, 1.82) is 0 Å². The Morgan fingerprint density at radius 3 is 2.70 bits per heavy atom. The number of nitrogens with zero attached hydrogens (tertiary/aromatic N) is 2. The number of para-hydroxylation sites is 1. The van der Waals surface area contributed by atoms with Gasteiger partial charge < -0.3 is 9.64 Å². The van der Waals surface area contributed by atoms with Crippen LogP contribution in [0.3, 0.4) is 0 Å². The molecule has 0 saturated heterocycles. The van der Waals surface area contributed by atoms with E-state index < -0.39 is 5.72 Å². The maximum atomic E-state index is 11.1. The lowest BCUT2D eigenvalue weighted by Gasteiger charge is -2.47. The fraction of sp³-hybridized carbons (Fsp3) is 0.364. The van der Waals surface area contributed by atoms with Gasteiger partial charge in [0.1, 0.15) is 5.75 Å². The highest BCUT2D eigenvalue weighted by molar-refractivity contribution is 5.73. The molecular formula is C22H24N2O3. The molecule has 1 spiro atoms. The third-order valence-corrected chi connectivity index (χ3v) is 5.86. The first-order valence-electron chi connectivity index (χ1n) is 9.44. The number of hydrogen-bond acceptors (Lipinski definition) is 4. The lowest BCUT2D eigenvalue weighted by Crippen LogP contribution is -2.59. The van der Waals surface area contributed by atoms with Crippen LogP contribution in [0.5, 0.6) is 5.75 Å². The van der Waals surface area contributed by atoms with Crippen LogP contribution in [0.15, 0.2) is 48.5 Å². The summed E-state index contributed by atoms with van der Waals surface area (Å²) in [4.78, 5) is 13.1. The van der Waals surface area contributed by atoms with Gasteiger partial charge in [0, 0.05) is 29.9 Å². The normalized spacial score (nSPS) is 21.7. The molecule has 2 aliphatic rings. The smallest absolute Gasteiger partial charge is 0.270 e. The fourth-order valence-corrected chi connectivity index (χ4v) is 4.31. The molecule has 2 aromatic rings. The second kappa shape index (κ2) is 6.12. The molecule has 0 amide bonds. The molecule has 2 aromatic carbocycles. The van der Waals surface area contributed by atoms with E-state index in [0.29, 0.717) is 5.75 Å². The molecule has 4 rings (SSSR count). The van der Waals surface area contributed by atoms with Crippen LogP contribution < -0.4 is 9.64 Å². The number of rotatable bonds is 4. The van der Waals surface area contributed by atoms with Crippen LogP contribution in [0.25, 0.3) is 6.08 Å². The van der Waals surface area contributed by atoms with Crippen molar-refractivity contribution in [2.24, 2.45) is 0 Å². The number of unbranched alkanes of at least 4 members (excludes halogenated alkanes) is 1. The van der Waals surface area contributed by atoms with Crippen LogP contribution in [0.4, 0.5) is 11.4 Å². The molecule has 0 N–H and O–H groups in total. The number of anilines is 1. The van der Waals surface area contributed by atoms with Crippen LogP contribution in [-0.2, 0) is 5.41 Å². The summed E-state index contributed by atoms with van der Waals surface area (Å²) in [6.07, 6.45) is 6.21. The molecule has 0 radical (unpaired) electrons. The summed E-state index contributed by atoms with van der Waals surface area (Å²) < 4.78 is 6.64. The van der Waals surface area contributed by atoms with Crippen molar-refractivity contribution in [2.45, 2.75) is 44.8 Å². The molecule has 2 heterocycles. The first kappa shape index (κ1) is 17.6. The minimum atomic E-state index is -0.644. The topological polar surface area (TPSA) is 55.6 Å². The second-order valence-electron chi connectivity index (χ2n) is 7.76. The van der Waals surface area contributed by atoms with E-state index in [1.807, 2.05) is 6.08 Å². The van der Waals surface area contributed by atoms with E-state index in [4.69, 9.17) is 4.74 Å². The standard InChI is InChI=1S/C22H24N2O3/c1-4-5-14-23-19-9-7-6-8-18(19)21(2,3)22(23)13-12-16-15-17(24(25)26)10-11-20(16)27-22/h6-13,15H,4-5,14H2,1-3H3. The van der Waals surface area contributed by atoms with Gasteiger partial charge in [-0.2, -0.15) is 0 Å². The summed E-state index contributed by atoms with van der Waals surface area (Å²) in [6, 6.07) is 13.3. The van der Waals surface area contributed by atoms with Gasteiger partial charge in [0.05, 0.1) is 10.3 Å². The minimum absolute atomic E-state index is 0.0785. The Hall–Kier alpha value is -2.82. The largest absolute Gasteiger partial charge is 0.463 e. The Balaban J connectivity index is 1.83. The van der Waals surface area contributed by atoms with E-state index in [-0.39, 0.29) is 16.0 Å².